The summed E-state index contributed by atoms with van der Waals surface area (Å²) in [6.45, 7) is 0. The van der Waals surface area contributed by atoms with Crippen LogP contribution in [0.2, 0.25) is 0 Å². The van der Waals surface area contributed by atoms with Crippen LogP contribution < -0.4 is 0 Å². The van der Waals surface area contributed by atoms with Crippen LogP contribution in [0.4, 0.5) is 5.82 Å². The topological polar surface area (TPSA) is 80.0 Å². The van der Waals surface area contributed by atoms with Gasteiger partial charge < -0.3 is 9.40 Å². The predicted octanol–water partition coefficient (Wildman–Crippen LogP) is 1.65. The third-order valence-electron chi connectivity index (χ3n) is 2.06. The number of imidazole rings is 1. The number of furan rings is 1. The van der Waals surface area contributed by atoms with Gasteiger partial charge in [0, 0.05) is 0 Å². The number of aliphatic imine (C=N–C) groups is 1. The maximum atomic E-state index is 5.13. The molecule has 0 amide bonds. The fourth-order valence-corrected chi connectivity index (χ4v) is 1.34. The van der Waals surface area contributed by atoms with E-state index in [1.54, 1.807) is 18.5 Å². The Morgan fingerprint density at radius 3 is 3.19 bits per heavy atom. The Morgan fingerprint density at radius 2 is 2.31 bits per heavy atom. The van der Waals surface area contributed by atoms with Crippen molar-refractivity contribution in [2.45, 2.75) is 0 Å². The molecule has 3 rings (SSSR count). The average molecular weight is 213 g/mol. The van der Waals surface area contributed by atoms with Crippen LogP contribution in [0.5, 0.6) is 0 Å². The second-order valence-electron chi connectivity index (χ2n) is 3.07. The van der Waals surface area contributed by atoms with E-state index in [0.717, 1.165) is 0 Å². The van der Waals surface area contributed by atoms with Gasteiger partial charge in [-0.1, -0.05) is 0 Å². The van der Waals surface area contributed by atoms with E-state index in [1.165, 1.54) is 12.7 Å². The average Bonchev–Trinajstić information content (AvgIpc) is 2.97. The molecular weight excluding hydrogens is 206 g/mol. The zero-order valence-corrected chi connectivity index (χ0v) is 8.16. The molecule has 0 aromatic carbocycles. The highest BCUT2D eigenvalue weighted by Gasteiger charge is 2.11. The van der Waals surface area contributed by atoms with Crippen molar-refractivity contribution < 1.29 is 4.42 Å². The molecule has 0 spiro atoms. The number of fused-ring (bicyclic) bond motifs is 1. The summed E-state index contributed by atoms with van der Waals surface area (Å²) < 4.78 is 5.13. The van der Waals surface area contributed by atoms with Gasteiger partial charge in [0.05, 0.1) is 18.8 Å². The molecule has 78 valence electrons. The second kappa shape index (κ2) is 3.58. The Labute approximate surface area is 90.4 Å². The van der Waals surface area contributed by atoms with Gasteiger partial charge in [-0.3, -0.25) is 0 Å². The van der Waals surface area contributed by atoms with Gasteiger partial charge in [-0.15, -0.1) is 0 Å². The fraction of sp³-hybridized carbons (Fsp3) is 0. The fourth-order valence-electron chi connectivity index (χ4n) is 1.34. The first kappa shape index (κ1) is 8.78. The smallest absolute Gasteiger partial charge is 0.184 e. The van der Waals surface area contributed by atoms with Gasteiger partial charge in [0.25, 0.3) is 0 Å². The standard InChI is InChI=1S/C10H7N5O/c1-2-7(16-3-1)4-11-9-8-10(13-5-12-8)15-6-14-9/h1-6H,(H,12,13,14,15). The number of aromatic amines is 1. The minimum absolute atomic E-state index is 0.574. The lowest BCUT2D eigenvalue weighted by Crippen LogP contribution is -1.88. The van der Waals surface area contributed by atoms with Crippen molar-refractivity contribution in [2.75, 3.05) is 0 Å². The van der Waals surface area contributed by atoms with E-state index >= 15 is 0 Å². The minimum atomic E-state index is 0.574. The SMILES string of the molecule is C(=Nc1[nH]cnc2ncnc1-2)c1ccco1. The van der Waals surface area contributed by atoms with Crippen LogP contribution in [0.15, 0.2) is 40.5 Å². The van der Waals surface area contributed by atoms with E-state index in [0.29, 0.717) is 23.1 Å². The molecule has 0 fully saturated rings. The van der Waals surface area contributed by atoms with Gasteiger partial charge in [-0.05, 0) is 12.1 Å². The van der Waals surface area contributed by atoms with E-state index < -0.39 is 0 Å². The van der Waals surface area contributed by atoms with Gasteiger partial charge in [-0.2, -0.15) is 0 Å². The maximum Gasteiger partial charge on any atom is 0.184 e. The third-order valence-corrected chi connectivity index (χ3v) is 2.06. The lowest BCUT2D eigenvalue weighted by Gasteiger charge is -1.98. The maximum absolute atomic E-state index is 5.13. The molecule has 0 aliphatic carbocycles. The second-order valence-corrected chi connectivity index (χ2v) is 3.07. The van der Waals surface area contributed by atoms with Gasteiger partial charge in [0.1, 0.15) is 12.1 Å². The molecule has 0 atom stereocenters. The molecule has 1 aromatic rings. The van der Waals surface area contributed by atoms with E-state index in [2.05, 4.69) is 24.9 Å². The first-order valence-corrected chi connectivity index (χ1v) is 4.65. The number of hydrogen-bond donors (Lipinski definition) is 1. The summed E-state index contributed by atoms with van der Waals surface area (Å²) in [6.07, 6.45) is 6.19. The molecule has 2 aliphatic heterocycles. The highest BCUT2D eigenvalue weighted by molar-refractivity contribution is 5.80. The number of H-pyrrole nitrogens is 1. The molecule has 0 unspecified atom stereocenters. The van der Waals surface area contributed by atoms with Crippen molar-refractivity contribution in [1.82, 2.24) is 19.9 Å². The molecule has 3 heterocycles. The third kappa shape index (κ3) is 1.46. The van der Waals surface area contributed by atoms with Gasteiger partial charge >= 0.3 is 0 Å². The molecule has 0 saturated carbocycles. The highest BCUT2D eigenvalue weighted by atomic mass is 16.3. The molecule has 2 aliphatic rings. The first-order chi connectivity index (χ1) is 7.93. The van der Waals surface area contributed by atoms with E-state index in [4.69, 9.17) is 4.42 Å². The summed E-state index contributed by atoms with van der Waals surface area (Å²) in [5, 5.41) is 0. The molecule has 1 aromatic heterocycles. The quantitative estimate of drug-likeness (QED) is 0.656. The van der Waals surface area contributed by atoms with Crippen LogP contribution in [0.1, 0.15) is 5.76 Å². The Hall–Kier alpha value is -2.50. The monoisotopic (exact) mass is 213 g/mol. The number of aromatic nitrogens is 4. The molecule has 6 heteroatoms. The van der Waals surface area contributed by atoms with Gasteiger partial charge in [0.2, 0.25) is 0 Å². The van der Waals surface area contributed by atoms with Crippen LogP contribution >= 0.6 is 0 Å². The van der Waals surface area contributed by atoms with E-state index in [9.17, 15) is 0 Å². The Bertz CT molecular complexity index is 583. The molecule has 0 saturated heterocycles. The zero-order valence-electron chi connectivity index (χ0n) is 8.16. The summed E-state index contributed by atoms with van der Waals surface area (Å²) in [7, 11) is 0. The molecule has 0 bridgehead atoms. The molecule has 1 N–H and O–H groups in total. The zero-order chi connectivity index (χ0) is 10.8. The van der Waals surface area contributed by atoms with Crippen LogP contribution in [-0.2, 0) is 0 Å². The van der Waals surface area contributed by atoms with Crippen molar-refractivity contribution >= 4 is 12.0 Å². The summed E-state index contributed by atoms with van der Waals surface area (Å²) >= 11 is 0. The molecule has 16 heavy (non-hydrogen) atoms. The lowest BCUT2D eigenvalue weighted by molar-refractivity contribution is 0.560. The lowest BCUT2D eigenvalue weighted by atomic mass is 10.4. The van der Waals surface area contributed by atoms with Gasteiger partial charge in [-0.25, -0.2) is 19.9 Å². The Kier molecular flexibility index (Phi) is 1.96. The van der Waals surface area contributed by atoms with Crippen molar-refractivity contribution in [3.05, 3.63) is 36.8 Å². The van der Waals surface area contributed by atoms with E-state index in [-0.39, 0.29) is 0 Å². The van der Waals surface area contributed by atoms with E-state index in [1.807, 2.05) is 6.07 Å². The molecular formula is C10H7N5O. The normalized spacial score (nSPS) is 11.5. The van der Waals surface area contributed by atoms with Crippen LogP contribution in [0.3, 0.4) is 0 Å². The van der Waals surface area contributed by atoms with Crippen LogP contribution in [0.25, 0.3) is 11.5 Å². The molecule has 6 nitrogen and oxygen atoms in total. The van der Waals surface area contributed by atoms with Crippen molar-refractivity contribution in [1.29, 1.82) is 0 Å². The molecule has 0 radical (unpaired) electrons. The summed E-state index contributed by atoms with van der Waals surface area (Å²) in [6, 6.07) is 3.62. The summed E-state index contributed by atoms with van der Waals surface area (Å²) in [5.74, 6) is 1.86. The van der Waals surface area contributed by atoms with Crippen LogP contribution in [-0.4, -0.2) is 26.2 Å². The number of hydrogen-bond acceptors (Lipinski definition) is 5. The summed E-state index contributed by atoms with van der Waals surface area (Å²) in [4.78, 5) is 19.2. The van der Waals surface area contributed by atoms with Crippen molar-refractivity contribution in [2.24, 2.45) is 4.99 Å². The summed E-state index contributed by atoms with van der Waals surface area (Å²) in [5.41, 5.74) is 0.644. The Balaban J connectivity index is 1.98. The van der Waals surface area contributed by atoms with Gasteiger partial charge in [0.15, 0.2) is 17.3 Å². The highest BCUT2D eigenvalue weighted by Crippen LogP contribution is 2.23. The largest absolute Gasteiger partial charge is 0.463 e. The number of nitrogens with zero attached hydrogens (tertiary/aromatic N) is 4. The van der Waals surface area contributed by atoms with Crippen LogP contribution in [0, 0.1) is 0 Å². The predicted molar refractivity (Wildman–Crippen MR) is 56.8 cm³/mol. The minimum Gasteiger partial charge on any atom is -0.463 e. The van der Waals surface area contributed by atoms with Crippen molar-refractivity contribution in [3.63, 3.8) is 0 Å². The number of rotatable bonds is 2. The Morgan fingerprint density at radius 1 is 1.31 bits per heavy atom. The number of nitrogens with one attached hydrogen (secondary N) is 1. The first-order valence-electron chi connectivity index (χ1n) is 4.65. The van der Waals surface area contributed by atoms with Crippen molar-refractivity contribution in [3.8, 4) is 11.5 Å².